The van der Waals surface area contributed by atoms with Gasteiger partial charge in [0.05, 0.1) is 0 Å². The van der Waals surface area contributed by atoms with Crippen LogP contribution in [0.3, 0.4) is 0 Å². The van der Waals surface area contributed by atoms with Crippen LogP contribution in [0.15, 0.2) is 0 Å². The lowest BCUT2D eigenvalue weighted by molar-refractivity contribution is 0.395. The van der Waals surface area contributed by atoms with E-state index in [0.29, 0.717) is 0 Å². The standard InChI is InChI=1S/C16H33/c1-4-7-9-11-13-15-16(6-3)14-12-10-8-5-2/h16H,1,4-15H2,2-3H3. The Morgan fingerprint density at radius 1 is 0.750 bits per heavy atom. The fourth-order valence-electron chi connectivity index (χ4n) is 2.38. The van der Waals surface area contributed by atoms with Crippen molar-refractivity contribution in [3.8, 4) is 0 Å². The first-order chi connectivity index (χ1) is 7.85. The van der Waals surface area contributed by atoms with Gasteiger partial charge in [-0.3, -0.25) is 0 Å². The lowest BCUT2D eigenvalue weighted by Crippen LogP contribution is -1.99. The summed E-state index contributed by atoms with van der Waals surface area (Å²) in [4.78, 5) is 0. The minimum atomic E-state index is 1.01. The first-order valence-corrected chi connectivity index (χ1v) is 7.64. The van der Waals surface area contributed by atoms with Crippen LogP contribution in [0.2, 0.25) is 0 Å². The first-order valence-electron chi connectivity index (χ1n) is 7.64. The third kappa shape index (κ3) is 10.5. The molecule has 0 nitrogen and oxygen atoms in total. The van der Waals surface area contributed by atoms with Crippen LogP contribution in [0.1, 0.15) is 90.9 Å². The molecule has 0 fully saturated rings. The third-order valence-corrected chi connectivity index (χ3v) is 3.66. The SMILES string of the molecule is [CH2]CCCCCCC(CC)CCCCCC. The summed E-state index contributed by atoms with van der Waals surface area (Å²) in [7, 11) is 0. The monoisotopic (exact) mass is 225 g/mol. The van der Waals surface area contributed by atoms with Gasteiger partial charge in [0.15, 0.2) is 0 Å². The van der Waals surface area contributed by atoms with E-state index in [-0.39, 0.29) is 0 Å². The van der Waals surface area contributed by atoms with E-state index < -0.39 is 0 Å². The van der Waals surface area contributed by atoms with Gasteiger partial charge >= 0.3 is 0 Å². The van der Waals surface area contributed by atoms with Crippen molar-refractivity contribution in [2.75, 3.05) is 0 Å². The van der Waals surface area contributed by atoms with Crippen molar-refractivity contribution in [1.82, 2.24) is 0 Å². The molecule has 1 atom stereocenters. The average Bonchev–Trinajstić information content (AvgIpc) is 2.31. The summed E-state index contributed by atoms with van der Waals surface area (Å²) < 4.78 is 0. The molecule has 0 heteroatoms. The molecule has 1 radical (unpaired) electrons. The molecule has 0 heterocycles. The predicted molar refractivity (Wildman–Crippen MR) is 75.6 cm³/mol. The summed E-state index contributed by atoms with van der Waals surface area (Å²) in [6, 6.07) is 0. The van der Waals surface area contributed by atoms with Gasteiger partial charge in [-0.15, -0.1) is 0 Å². The second kappa shape index (κ2) is 13.1. The van der Waals surface area contributed by atoms with Crippen molar-refractivity contribution in [2.45, 2.75) is 90.9 Å². The van der Waals surface area contributed by atoms with Crippen molar-refractivity contribution in [2.24, 2.45) is 5.92 Å². The van der Waals surface area contributed by atoms with Gasteiger partial charge in [0, 0.05) is 0 Å². The molecule has 0 N–H and O–H groups in total. The fraction of sp³-hybridized carbons (Fsp3) is 0.938. The van der Waals surface area contributed by atoms with E-state index in [2.05, 4.69) is 20.8 Å². The van der Waals surface area contributed by atoms with Crippen molar-refractivity contribution in [3.05, 3.63) is 6.92 Å². The zero-order valence-electron chi connectivity index (χ0n) is 11.8. The van der Waals surface area contributed by atoms with Crippen LogP contribution >= 0.6 is 0 Å². The maximum Gasteiger partial charge on any atom is -0.0417 e. The molecule has 16 heavy (non-hydrogen) atoms. The lowest BCUT2D eigenvalue weighted by atomic mass is 9.92. The zero-order chi connectivity index (χ0) is 12.1. The largest absolute Gasteiger partial charge is 0.0654 e. The molecule has 0 aliphatic carbocycles. The second-order valence-corrected chi connectivity index (χ2v) is 5.18. The third-order valence-electron chi connectivity index (χ3n) is 3.66. The van der Waals surface area contributed by atoms with Gasteiger partial charge in [0.1, 0.15) is 0 Å². The Kier molecular flexibility index (Phi) is 13.1. The Morgan fingerprint density at radius 2 is 1.31 bits per heavy atom. The molecule has 0 bridgehead atoms. The molecule has 0 amide bonds. The molecule has 0 saturated heterocycles. The highest BCUT2D eigenvalue weighted by Gasteiger charge is 2.05. The summed E-state index contributed by atoms with van der Waals surface area (Å²) in [5.74, 6) is 1.01. The number of rotatable bonds is 12. The predicted octanol–water partition coefficient (Wildman–Crippen LogP) is 6.16. The molecule has 0 spiro atoms. The smallest absolute Gasteiger partial charge is 0.0417 e. The quantitative estimate of drug-likeness (QED) is 0.349. The minimum Gasteiger partial charge on any atom is -0.0654 e. The Morgan fingerprint density at radius 3 is 1.81 bits per heavy atom. The molecule has 0 aliphatic rings. The van der Waals surface area contributed by atoms with Crippen LogP contribution in [-0.4, -0.2) is 0 Å². The topological polar surface area (TPSA) is 0 Å². The molecule has 0 aromatic carbocycles. The lowest BCUT2D eigenvalue weighted by Gasteiger charge is -2.14. The first kappa shape index (κ1) is 16.0. The Bertz CT molecular complexity index is 117. The van der Waals surface area contributed by atoms with Crippen LogP contribution in [0, 0.1) is 12.8 Å². The summed E-state index contributed by atoms with van der Waals surface area (Å²) in [6.45, 7) is 8.55. The Labute approximate surface area is 104 Å². The van der Waals surface area contributed by atoms with Gasteiger partial charge in [0.25, 0.3) is 0 Å². The van der Waals surface area contributed by atoms with Gasteiger partial charge in [-0.05, 0) is 5.92 Å². The molecular weight excluding hydrogens is 192 g/mol. The summed E-state index contributed by atoms with van der Waals surface area (Å²) in [5.41, 5.74) is 0. The van der Waals surface area contributed by atoms with E-state index >= 15 is 0 Å². The summed E-state index contributed by atoms with van der Waals surface area (Å²) in [6.07, 6.45) is 16.8. The maximum absolute atomic E-state index is 3.89. The van der Waals surface area contributed by atoms with E-state index in [1.807, 2.05) is 0 Å². The van der Waals surface area contributed by atoms with E-state index in [4.69, 9.17) is 0 Å². The van der Waals surface area contributed by atoms with Gasteiger partial charge in [-0.25, -0.2) is 0 Å². The number of unbranched alkanes of at least 4 members (excludes halogenated alkanes) is 7. The summed E-state index contributed by atoms with van der Waals surface area (Å²) in [5, 5.41) is 0. The zero-order valence-corrected chi connectivity index (χ0v) is 11.8. The molecule has 0 rings (SSSR count). The molecule has 1 unspecified atom stereocenters. The van der Waals surface area contributed by atoms with Crippen LogP contribution in [-0.2, 0) is 0 Å². The molecule has 0 aliphatic heterocycles. The fourth-order valence-corrected chi connectivity index (χ4v) is 2.38. The molecule has 0 aromatic heterocycles. The molecule has 0 saturated carbocycles. The highest BCUT2D eigenvalue weighted by molar-refractivity contribution is 4.58. The highest BCUT2D eigenvalue weighted by atomic mass is 14.1. The normalized spacial score (nSPS) is 12.9. The van der Waals surface area contributed by atoms with Crippen molar-refractivity contribution in [3.63, 3.8) is 0 Å². The summed E-state index contributed by atoms with van der Waals surface area (Å²) >= 11 is 0. The van der Waals surface area contributed by atoms with Crippen LogP contribution in [0.25, 0.3) is 0 Å². The number of hydrogen-bond donors (Lipinski definition) is 0. The van der Waals surface area contributed by atoms with E-state index in [9.17, 15) is 0 Å². The molecule has 97 valence electrons. The van der Waals surface area contributed by atoms with E-state index in [1.54, 1.807) is 0 Å². The minimum absolute atomic E-state index is 1.01. The van der Waals surface area contributed by atoms with Gasteiger partial charge < -0.3 is 0 Å². The maximum atomic E-state index is 3.89. The highest BCUT2D eigenvalue weighted by Crippen LogP contribution is 2.21. The van der Waals surface area contributed by atoms with Crippen LogP contribution in [0.4, 0.5) is 0 Å². The Hall–Kier alpha value is 0. The van der Waals surface area contributed by atoms with Gasteiger partial charge in [0.2, 0.25) is 0 Å². The van der Waals surface area contributed by atoms with Crippen molar-refractivity contribution < 1.29 is 0 Å². The van der Waals surface area contributed by atoms with Crippen molar-refractivity contribution >= 4 is 0 Å². The molecule has 0 aromatic rings. The average molecular weight is 225 g/mol. The van der Waals surface area contributed by atoms with Gasteiger partial charge in [-0.1, -0.05) is 97.8 Å². The molecular formula is C16H33. The van der Waals surface area contributed by atoms with E-state index in [1.165, 1.54) is 70.6 Å². The number of hydrogen-bond acceptors (Lipinski definition) is 0. The van der Waals surface area contributed by atoms with Gasteiger partial charge in [-0.2, -0.15) is 0 Å². The van der Waals surface area contributed by atoms with Crippen molar-refractivity contribution in [1.29, 1.82) is 0 Å². The van der Waals surface area contributed by atoms with Crippen LogP contribution in [0.5, 0.6) is 0 Å². The van der Waals surface area contributed by atoms with Crippen LogP contribution < -0.4 is 0 Å². The second-order valence-electron chi connectivity index (χ2n) is 5.18. The van der Waals surface area contributed by atoms with E-state index in [0.717, 1.165) is 12.3 Å². The Balaban J connectivity index is 3.29.